The summed E-state index contributed by atoms with van der Waals surface area (Å²) in [4.78, 5) is 15.3. The molecule has 35 heavy (non-hydrogen) atoms. The molecule has 9 heteroatoms. The second kappa shape index (κ2) is 10.3. The van der Waals surface area contributed by atoms with Gasteiger partial charge in [-0.2, -0.15) is 0 Å². The minimum atomic E-state index is -3.90. The van der Waals surface area contributed by atoms with Crippen LogP contribution >= 0.6 is 0 Å². The summed E-state index contributed by atoms with van der Waals surface area (Å²) in [6, 6.07) is 18.0. The van der Waals surface area contributed by atoms with Crippen molar-refractivity contribution in [2.45, 2.75) is 23.8 Å². The predicted molar refractivity (Wildman–Crippen MR) is 133 cm³/mol. The van der Waals surface area contributed by atoms with Crippen LogP contribution in [0.2, 0.25) is 0 Å². The zero-order chi connectivity index (χ0) is 25.0. The summed E-state index contributed by atoms with van der Waals surface area (Å²) in [6.07, 6.45) is 1.60. The van der Waals surface area contributed by atoms with Crippen molar-refractivity contribution in [3.8, 4) is 17.2 Å². The fourth-order valence-corrected chi connectivity index (χ4v) is 5.37. The molecule has 3 aromatic carbocycles. The second-order valence-corrected chi connectivity index (χ2v) is 9.81. The van der Waals surface area contributed by atoms with E-state index in [4.69, 9.17) is 14.2 Å². The van der Waals surface area contributed by atoms with Crippen molar-refractivity contribution in [1.29, 1.82) is 0 Å². The van der Waals surface area contributed by atoms with E-state index in [9.17, 15) is 13.2 Å². The van der Waals surface area contributed by atoms with Gasteiger partial charge in [-0.3, -0.25) is 9.52 Å². The lowest BCUT2D eigenvalue weighted by molar-refractivity contribution is 0.0733. The van der Waals surface area contributed by atoms with Crippen molar-refractivity contribution in [1.82, 2.24) is 4.90 Å². The van der Waals surface area contributed by atoms with Crippen LogP contribution in [0.3, 0.4) is 0 Å². The van der Waals surface area contributed by atoms with E-state index in [0.717, 1.165) is 18.4 Å². The number of amides is 1. The highest BCUT2D eigenvalue weighted by Gasteiger charge is 2.33. The highest BCUT2D eigenvalue weighted by molar-refractivity contribution is 7.92. The molecule has 0 aromatic heterocycles. The van der Waals surface area contributed by atoms with Gasteiger partial charge in [-0.1, -0.05) is 6.07 Å². The molecule has 8 nitrogen and oxygen atoms in total. The number of hydrogen-bond acceptors (Lipinski definition) is 6. The minimum absolute atomic E-state index is 0.00822. The normalized spacial score (nSPS) is 15.5. The lowest BCUT2D eigenvalue weighted by Gasteiger charge is -2.27. The van der Waals surface area contributed by atoms with Gasteiger partial charge in [-0.15, -0.1) is 0 Å². The number of benzene rings is 3. The standard InChI is InChI=1S/C26H28N2O6S/c1-32-20-11-9-19(10-12-20)27-35(30,31)22-7-4-6-18(16-22)26(29)28-15-5-8-24(28)23-17-21(33-2)13-14-25(23)34-3/h4,6-7,9-14,16-17,24,27H,5,8,15H2,1-3H3. The Balaban J connectivity index is 1.59. The van der Waals surface area contributed by atoms with E-state index in [1.165, 1.54) is 19.2 Å². The van der Waals surface area contributed by atoms with Crippen LogP contribution < -0.4 is 18.9 Å². The number of methoxy groups -OCH3 is 3. The van der Waals surface area contributed by atoms with Crippen LogP contribution in [0.4, 0.5) is 5.69 Å². The van der Waals surface area contributed by atoms with Crippen LogP contribution in [-0.4, -0.2) is 47.1 Å². The van der Waals surface area contributed by atoms with Gasteiger partial charge in [0, 0.05) is 23.4 Å². The smallest absolute Gasteiger partial charge is 0.261 e. The molecule has 1 heterocycles. The highest BCUT2D eigenvalue weighted by Crippen LogP contribution is 2.39. The predicted octanol–water partition coefficient (Wildman–Crippen LogP) is 4.49. The van der Waals surface area contributed by atoms with Gasteiger partial charge in [0.15, 0.2) is 0 Å². The molecule has 1 N–H and O–H groups in total. The van der Waals surface area contributed by atoms with Gasteiger partial charge >= 0.3 is 0 Å². The first-order valence-electron chi connectivity index (χ1n) is 11.2. The van der Waals surface area contributed by atoms with Crippen LogP contribution in [0.5, 0.6) is 17.2 Å². The molecule has 184 valence electrons. The third-order valence-corrected chi connectivity index (χ3v) is 7.42. The quantitative estimate of drug-likeness (QED) is 0.494. The van der Waals surface area contributed by atoms with Crippen molar-refractivity contribution in [3.05, 3.63) is 77.9 Å². The van der Waals surface area contributed by atoms with Crippen LogP contribution in [0.1, 0.15) is 34.8 Å². The first-order valence-corrected chi connectivity index (χ1v) is 12.6. The van der Waals surface area contributed by atoms with Crippen LogP contribution in [0.15, 0.2) is 71.6 Å². The van der Waals surface area contributed by atoms with Crippen LogP contribution in [-0.2, 0) is 10.0 Å². The number of rotatable bonds is 8. The molecule has 0 bridgehead atoms. The molecule has 0 spiro atoms. The molecule has 0 aliphatic carbocycles. The molecule has 1 aliphatic rings. The van der Waals surface area contributed by atoms with E-state index in [-0.39, 0.29) is 16.8 Å². The SMILES string of the molecule is COc1ccc(NS(=O)(=O)c2cccc(C(=O)N3CCCC3c3cc(OC)ccc3OC)c2)cc1. The van der Waals surface area contributed by atoms with Gasteiger partial charge in [0.1, 0.15) is 17.2 Å². The molecule has 4 rings (SSSR count). The van der Waals surface area contributed by atoms with E-state index in [2.05, 4.69) is 4.72 Å². The van der Waals surface area contributed by atoms with Crippen molar-refractivity contribution < 1.29 is 27.4 Å². The average molecular weight is 497 g/mol. The van der Waals surface area contributed by atoms with Crippen molar-refractivity contribution in [2.75, 3.05) is 32.6 Å². The molecule has 1 aliphatic heterocycles. The molecular weight excluding hydrogens is 468 g/mol. The molecule has 0 radical (unpaired) electrons. The van der Waals surface area contributed by atoms with Gasteiger partial charge in [0.25, 0.3) is 15.9 Å². The number of carbonyl (C=O) groups excluding carboxylic acids is 1. The number of hydrogen-bond donors (Lipinski definition) is 1. The monoisotopic (exact) mass is 496 g/mol. The third-order valence-electron chi connectivity index (χ3n) is 6.04. The zero-order valence-corrected chi connectivity index (χ0v) is 20.7. The maximum atomic E-state index is 13.5. The fourth-order valence-electron chi connectivity index (χ4n) is 4.27. The number of sulfonamides is 1. The van der Waals surface area contributed by atoms with Crippen molar-refractivity contribution in [3.63, 3.8) is 0 Å². The average Bonchev–Trinajstić information content (AvgIpc) is 3.38. The Bertz CT molecular complexity index is 1310. The number of ether oxygens (including phenoxy) is 3. The lowest BCUT2D eigenvalue weighted by atomic mass is 10.0. The zero-order valence-electron chi connectivity index (χ0n) is 19.9. The van der Waals surface area contributed by atoms with Gasteiger partial charge in [0.05, 0.1) is 32.3 Å². The molecule has 1 saturated heterocycles. The van der Waals surface area contributed by atoms with Crippen LogP contribution in [0.25, 0.3) is 0 Å². The topological polar surface area (TPSA) is 94.2 Å². The van der Waals surface area contributed by atoms with Crippen molar-refractivity contribution in [2.24, 2.45) is 0 Å². The summed E-state index contributed by atoms with van der Waals surface area (Å²) in [5.74, 6) is 1.74. The summed E-state index contributed by atoms with van der Waals surface area (Å²) in [7, 11) is 0.829. The molecule has 3 aromatic rings. The van der Waals surface area contributed by atoms with Crippen molar-refractivity contribution >= 4 is 21.6 Å². The third kappa shape index (κ3) is 5.19. The van der Waals surface area contributed by atoms with E-state index in [0.29, 0.717) is 35.0 Å². The Morgan fingerprint density at radius 2 is 1.63 bits per heavy atom. The molecule has 1 unspecified atom stereocenters. The first-order chi connectivity index (χ1) is 16.9. The number of nitrogens with one attached hydrogen (secondary N) is 1. The lowest BCUT2D eigenvalue weighted by Crippen LogP contribution is -2.31. The summed E-state index contributed by atoms with van der Waals surface area (Å²) in [5.41, 5.74) is 1.56. The number of carbonyl (C=O) groups is 1. The maximum absolute atomic E-state index is 13.5. The summed E-state index contributed by atoms with van der Waals surface area (Å²) in [5, 5.41) is 0. The highest BCUT2D eigenvalue weighted by atomic mass is 32.2. The van der Waals surface area contributed by atoms with Gasteiger partial charge in [-0.25, -0.2) is 8.42 Å². The Morgan fingerprint density at radius 3 is 2.31 bits per heavy atom. The fraction of sp³-hybridized carbons (Fsp3) is 0.269. The molecule has 1 amide bonds. The van der Waals surface area contributed by atoms with Gasteiger partial charge in [0.2, 0.25) is 0 Å². The Morgan fingerprint density at radius 1 is 0.914 bits per heavy atom. The van der Waals surface area contributed by atoms with E-state index >= 15 is 0 Å². The van der Waals surface area contributed by atoms with Gasteiger partial charge < -0.3 is 19.1 Å². The maximum Gasteiger partial charge on any atom is 0.261 e. The van der Waals surface area contributed by atoms with Crippen LogP contribution in [0, 0.1) is 0 Å². The molecule has 1 atom stereocenters. The van der Waals surface area contributed by atoms with Gasteiger partial charge in [-0.05, 0) is 73.5 Å². The number of nitrogens with zero attached hydrogens (tertiary/aromatic N) is 1. The second-order valence-electron chi connectivity index (χ2n) is 8.13. The molecule has 1 fully saturated rings. The summed E-state index contributed by atoms with van der Waals surface area (Å²) < 4.78 is 44.5. The molecular formula is C26H28N2O6S. The Kier molecular flexibility index (Phi) is 7.16. The van der Waals surface area contributed by atoms with E-state index < -0.39 is 10.0 Å². The first kappa shape index (κ1) is 24.4. The van der Waals surface area contributed by atoms with E-state index in [1.807, 2.05) is 18.2 Å². The Hall–Kier alpha value is -3.72. The summed E-state index contributed by atoms with van der Waals surface area (Å²) >= 11 is 0. The number of anilines is 1. The summed E-state index contributed by atoms with van der Waals surface area (Å²) in [6.45, 7) is 0.560. The Labute approximate surface area is 205 Å². The number of likely N-dealkylation sites (tertiary alicyclic amines) is 1. The molecule has 0 saturated carbocycles. The van der Waals surface area contributed by atoms with E-state index in [1.54, 1.807) is 55.5 Å². The minimum Gasteiger partial charge on any atom is -0.497 e. The largest absolute Gasteiger partial charge is 0.497 e.